The van der Waals surface area contributed by atoms with Crippen LogP contribution in [0.1, 0.15) is 30.9 Å². The Labute approximate surface area is 98.8 Å². The van der Waals surface area contributed by atoms with Gasteiger partial charge in [-0.05, 0) is 46.3 Å². The molecule has 0 saturated heterocycles. The molecule has 1 atom stereocenters. The Balaban J connectivity index is 0.000000980. The largest absolute Gasteiger partial charge is 0.324 e. The molecule has 1 saturated carbocycles. The molecule has 1 aliphatic carbocycles. The van der Waals surface area contributed by atoms with Crippen LogP contribution in [0.3, 0.4) is 0 Å². The van der Waals surface area contributed by atoms with Gasteiger partial charge >= 0.3 is 0 Å². The van der Waals surface area contributed by atoms with Crippen LogP contribution in [0.15, 0.2) is 22.9 Å². The Hall–Kier alpha value is -0.120. The Bertz CT molecular complexity index is 285. The van der Waals surface area contributed by atoms with Gasteiger partial charge in [0, 0.05) is 12.2 Å². The summed E-state index contributed by atoms with van der Waals surface area (Å²) in [6.45, 7) is 0. The normalized spacial score (nSPS) is 18.1. The predicted molar refractivity (Wildman–Crippen MR) is 63.5 cm³/mol. The van der Waals surface area contributed by atoms with Crippen molar-refractivity contribution >= 4 is 28.3 Å². The van der Waals surface area contributed by atoms with Gasteiger partial charge in [-0.1, -0.05) is 12.5 Å². The molecule has 1 fully saturated rings. The first-order valence-corrected chi connectivity index (χ1v) is 5.43. The Morgan fingerprint density at radius 3 is 2.57 bits per heavy atom. The van der Waals surface area contributed by atoms with Crippen LogP contribution < -0.4 is 5.73 Å². The molecule has 1 aromatic heterocycles. The first-order chi connectivity index (χ1) is 6.27. The zero-order chi connectivity index (χ0) is 9.26. The van der Waals surface area contributed by atoms with Gasteiger partial charge < -0.3 is 5.73 Å². The number of nitrogens with zero attached hydrogens (tertiary/aromatic N) is 1. The van der Waals surface area contributed by atoms with Gasteiger partial charge in [0.1, 0.15) is 4.60 Å². The summed E-state index contributed by atoms with van der Waals surface area (Å²) in [7, 11) is 0. The van der Waals surface area contributed by atoms with Gasteiger partial charge in [-0.2, -0.15) is 0 Å². The molecule has 0 aliphatic heterocycles. The van der Waals surface area contributed by atoms with Crippen LogP contribution >= 0.6 is 28.3 Å². The minimum atomic E-state index is 0. The maximum atomic E-state index is 6.10. The molecular weight excluding hydrogens is 263 g/mol. The van der Waals surface area contributed by atoms with Crippen LogP contribution in [-0.4, -0.2) is 4.98 Å². The highest BCUT2D eigenvalue weighted by molar-refractivity contribution is 9.10. The van der Waals surface area contributed by atoms with E-state index in [1.54, 1.807) is 0 Å². The van der Waals surface area contributed by atoms with Gasteiger partial charge in [-0.15, -0.1) is 12.4 Å². The molecule has 2 N–H and O–H groups in total. The van der Waals surface area contributed by atoms with Crippen molar-refractivity contribution in [3.05, 3.63) is 28.5 Å². The standard InChI is InChI=1S/C10H13BrN2.ClH/c11-9-5-4-8(6-13-9)10(12)7-2-1-3-7;/h4-7,10H,1-3,12H2;1H/t10-;/m0./s1. The third kappa shape index (κ3) is 2.47. The van der Waals surface area contributed by atoms with E-state index in [-0.39, 0.29) is 18.4 Å². The summed E-state index contributed by atoms with van der Waals surface area (Å²) in [5.41, 5.74) is 7.26. The average Bonchev–Trinajstić information content (AvgIpc) is 2.02. The summed E-state index contributed by atoms with van der Waals surface area (Å²) in [5.74, 6) is 0.683. The fourth-order valence-corrected chi connectivity index (χ4v) is 1.89. The average molecular weight is 278 g/mol. The van der Waals surface area contributed by atoms with Gasteiger partial charge in [-0.3, -0.25) is 0 Å². The fourth-order valence-electron chi connectivity index (χ4n) is 1.66. The van der Waals surface area contributed by atoms with Crippen molar-refractivity contribution in [3.8, 4) is 0 Å². The number of nitrogens with two attached hydrogens (primary N) is 1. The fraction of sp³-hybridized carbons (Fsp3) is 0.500. The molecule has 0 aromatic carbocycles. The first-order valence-electron chi connectivity index (χ1n) is 4.64. The van der Waals surface area contributed by atoms with Gasteiger partial charge in [-0.25, -0.2) is 4.98 Å². The number of pyridine rings is 1. The van der Waals surface area contributed by atoms with E-state index in [2.05, 4.69) is 27.0 Å². The SMILES string of the molecule is Cl.N[C@H](c1ccc(Br)nc1)C1CCC1. The van der Waals surface area contributed by atoms with E-state index in [9.17, 15) is 0 Å². The van der Waals surface area contributed by atoms with E-state index in [1.807, 2.05) is 12.3 Å². The molecule has 0 spiro atoms. The van der Waals surface area contributed by atoms with E-state index in [0.29, 0.717) is 5.92 Å². The van der Waals surface area contributed by atoms with Crippen LogP contribution in [0, 0.1) is 5.92 Å². The Morgan fingerprint density at radius 1 is 1.43 bits per heavy atom. The number of halogens is 2. The van der Waals surface area contributed by atoms with E-state index < -0.39 is 0 Å². The maximum absolute atomic E-state index is 6.10. The monoisotopic (exact) mass is 276 g/mol. The first kappa shape index (κ1) is 12.0. The summed E-state index contributed by atoms with van der Waals surface area (Å²) < 4.78 is 0.872. The summed E-state index contributed by atoms with van der Waals surface area (Å²) in [6.07, 6.45) is 5.75. The zero-order valence-electron chi connectivity index (χ0n) is 7.82. The molecule has 2 nitrogen and oxygen atoms in total. The molecule has 2 rings (SSSR count). The molecule has 0 amide bonds. The van der Waals surface area contributed by atoms with Crippen LogP contribution in [0.25, 0.3) is 0 Å². The second-order valence-electron chi connectivity index (χ2n) is 3.63. The lowest BCUT2D eigenvalue weighted by atomic mass is 9.78. The molecule has 1 heterocycles. The summed E-state index contributed by atoms with van der Waals surface area (Å²) in [4.78, 5) is 4.18. The molecule has 4 heteroatoms. The highest BCUT2D eigenvalue weighted by atomic mass is 79.9. The predicted octanol–water partition coefficient (Wildman–Crippen LogP) is 3.07. The van der Waals surface area contributed by atoms with Gasteiger partial charge in [0.15, 0.2) is 0 Å². The third-order valence-corrected chi connectivity index (χ3v) is 3.26. The van der Waals surface area contributed by atoms with Gasteiger partial charge in [0.2, 0.25) is 0 Å². The minimum Gasteiger partial charge on any atom is -0.324 e. The molecule has 78 valence electrons. The second kappa shape index (κ2) is 5.10. The van der Waals surface area contributed by atoms with E-state index in [1.165, 1.54) is 19.3 Å². The molecule has 14 heavy (non-hydrogen) atoms. The number of rotatable bonds is 2. The maximum Gasteiger partial charge on any atom is 0.106 e. The number of hydrogen-bond acceptors (Lipinski definition) is 2. The van der Waals surface area contributed by atoms with Crippen LogP contribution in [0.5, 0.6) is 0 Å². The molecule has 1 aromatic rings. The lowest BCUT2D eigenvalue weighted by Crippen LogP contribution is -2.26. The van der Waals surface area contributed by atoms with Crippen LogP contribution in [0.2, 0.25) is 0 Å². The minimum absolute atomic E-state index is 0. The molecular formula is C10H14BrClN2. The van der Waals surface area contributed by atoms with Gasteiger partial charge in [0.05, 0.1) is 0 Å². The topological polar surface area (TPSA) is 38.9 Å². The Kier molecular flexibility index (Phi) is 4.35. The molecule has 0 bridgehead atoms. The summed E-state index contributed by atoms with van der Waals surface area (Å²) in [6, 6.07) is 4.20. The summed E-state index contributed by atoms with van der Waals surface area (Å²) >= 11 is 3.31. The highest BCUT2D eigenvalue weighted by Gasteiger charge is 2.25. The van der Waals surface area contributed by atoms with Crippen molar-refractivity contribution in [2.45, 2.75) is 25.3 Å². The molecule has 0 radical (unpaired) electrons. The Morgan fingerprint density at radius 2 is 2.14 bits per heavy atom. The van der Waals surface area contributed by atoms with E-state index in [4.69, 9.17) is 5.73 Å². The summed E-state index contributed by atoms with van der Waals surface area (Å²) in [5, 5.41) is 0. The smallest absolute Gasteiger partial charge is 0.106 e. The van der Waals surface area contributed by atoms with Crippen molar-refractivity contribution in [2.75, 3.05) is 0 Å². The van der Waals surface area contributed by atoms with Crippen LogP contribution in [-0.2, 0) is 0 Å². The lowest BCUT2D eigenvalue weighted by Gasteiger charge is -2.31. The molecule has 0 unspecified atom stereocenters. The van der Waals surface area contributed by atoms with E-state index >= 15 is 0 Å². The van der Waals surface area contributed by atoms with Crippen LogP contribution in [0.4, 0.5) is 0 Å². The zero-order valence-corrected chi connectivity index (χ0v) is 10.2. The van der Waals surface area contributed by atoms with Crippen molar-refractivity contribution in [2.24, 2.45) is 11.7 Å². The van der Waals surface area contributed by atoms with Crippen molar-refractivity contribution in [3.63, 3.8) is 0 Å². The third-order valence-electron chi connectivity index (χ3n) is 2.79. The number of aromatic nitrogens is 1. The lowest BCUT2D eigenvalue weighted by molar-refractivity contribution is 0.264. The van der Waals surface area contributed by atoms with Gasteiger partial charge in [0.25, 0.3) is 0 Å². The highest BCUT2D eigenvalue weighted by Crippen LogP contribution is 2.35. The van der Waals surface area contributed by atoms with Crippen molar-refractivity contribution < 1.29 is 0 Å². The second-order valence-corrected chi connectivity index (χ2v) is 4.44. The van der Waals surface area contributed by atoms with E-state index in [0.717, 1.165) is 10.2 Å². The van der Waals surface area contributed by atoms with Crippen molar-refractivity contribution in [1.29, 1.82) is 0 Å². The number of hydrogen-bond donors (Lipinski definition) is 1. The van der Waals surface area contributed by atoms with Crippen molar-refractivity contribution in [1.82, 2.24) is 4.98 Å². The molecule has 1 aliphatic rings. The quantitative estimate of drug-likeness (QED) is 0.844.